The van der Waals surface area contributed by atoms with Crippen LogP contribution in [0.5, 0.6) is 5.75 Å². The van der Waals surface area contributed by atoms with Gasteiger partial charge in [-0.15, -0.1) is 0 Å². The fourth-order valence-corrected chi connectivity index (χ4v) is 3.74. The highest BCUT2D eigenvalue weighted by atomic mass is 16.5. The average Bonchev–Trinajstić information content (AvgIpc) is 3.13. The Morgan fingerprint density at radius 2 is 1.42 bits per heavy atom. The summed E-state index contributed by atoms with van der Waals surface area (Å²) in [5.74, 6) is 0.980. The summed E-state index contributed by atoms with van der Waals surface area (Å²) < 4.78 is 5.93. The van der Waals surface area contributed by atoms with Gasteiger partial charge in [0.2, 0.25) is 0 Å². The lowest BCUT2D eigenvalue weighted by molar-refractivity contribution is 0.400. The Labute approximate surface area is 158 Å². The van der Waals surface area contributed by atoms with Crippen LogP contribution in [-0.2, 0) is 5.41 Å². The van der Waals surface area contributed by atoms with E-state index in [-0.39, 0.29) is 10.8 Å². The maximum Gasteiger partial charge on any atom is 0.130 e. The number of methoxy groups -OCH3 is 1. The van der Waals surface area contributed by atoms with Gasteiger partial charge in [-0.05, 0) is 17.4 Å². The van der Waals surface area contributed by atoms with Gasteiger partial charge >= 0.3 is 0 Å². The number of hydrogen-bond acceptors (Lipinski definition) is 1. The van der Waals surface area contributed by atoms with Crippen LogP contribution in [-0.4, -0.2) is 7.11 Å². The molecular weight excluding hydrogens is 316 g/mol. The van der Waals surface area contributed by atoms with Gasteiger partial charge in [0.1, 0.15) is 5.75 Å². The van der Waals surface area contributed by atoms with Gasteiger partial charge in [-0.1, -0.05) is 106 Å². The molecule has 2 aromatic rings. The average molecular weight is 347 g/mol. The van der Waals surface area contributed by atoms with Crippen molar-refractivity contribution in [3.05, 3.63) is 77.4 Å². The van der Waals surface area contributed by atoms with Crippen LogP contribution in [0.3, 0.4) is 0 Å². The molecule has 0 N–H and O–H groups in total. The summed E-state index contributed by atoms with van der Waals surface area (Å²) in [5.41, 5.74) is 6.67. The molecule has 0 saturated carbocycles. The van der Waals surface area contributed by atoms with E-state index in [2.05, 4.69) is 89.2 Å². The molecule has 0 radical (unpaired) electrons. The van der Waals surface area contributed by atoms with Crippen LogP contribution < -0.4 is 4.74 Å². The predicted molar refractivity (Wildman–Crippen MR) is 112 cm³/mol. The van der Waals surface area contributed by atoms with E-state index in [0.717, 1.165) is 17.7 Å². The summed E-state index contributed by atoms with van der Waals surface area (Å²) in [4.78, 5) is 0. The SMILES string of the molecule is COc1c(-c2ccccc2)cccc1C(C)(C)C1=CC=C(C(C)(C)C)C1. The smallest absolute Gasteiger partial charge is 0.130 e. The van der Waals surface area contributed by atoms with Gasteiger partial charge < -0.3 is 4.74 Å². The van der Waals surface area contributed by atoms with E-state index in [4.69, 9.17) is 4.74 Å². The monoisotopic (exact) mass is 346 g/mol. The molecule has 1 aliphatic carbocycles. The van der Waals surface area contributed by atoms with Crippen LogP contribution in [0.2, 0.25) is 0 Å². The first kappa shape index (κ1) is 18.5. The first-order valence-electron chi connectivity index (χ1n) is 9.38. The van der Waals surface area contributed by atoms with Gasteiger partial charge in [0.05, 0.1) is 7.11 Å². The first-order valence-corrected chi connectivity index (χ1v) is 9.38. The second kappa shape index (κ2) is 6.79. The minimum atomic E-state index is -0.0837. The summed E-state index contributed by atoms with van der Waals surface area (Å²) >= 11 is 0. The quantitative estimate of drug-likeness (QED) is 0.582. The van der Waals surface area contributed by atoms with Gasteiger partial charge in [0.25, 0.3) is 0 Å². The highest BCUT2D eigenvalue weighted by molar-refractivity contribution is 5.73. The minimum Gasteiger partial charge on any atom is -0.496 e. The summed E-state index contributed by atoms with van der Waals surface area (Å²) in [7, 11) is 1.78. The maximum absolute atomic E-state index is 5.93. The molecular formula is C25H30O. The molecule has 1 nitrogen and oxygen atoms in total. The lowest BCUT2D eigenvalue weighted by atomic mass is 9.73. The van der Waals surface area contributed by atoms with E-state index in [9.17, 15) is 0 Å². The molecule has 0 saturated heterocycles. The Kier molecular flexibility index (Phi) is 4.84. The van der Waals surface area contributed by atoms with Crippen molar-refractivity contribution in [2.45, 2.75) is 46.5 Å². The largest absolute Gasteiger partial charge is 0.496 e. The molecule has 26 heavy (non-hydrogen) atoms. The summed E-state index contributed by atoms with van der Waals surface area (Å²) in [6.45, 7) is 11.5. The van der Waals surface area contributed by atoms with E-state index in [1.54, 1.807) is 7.11 Å². The Morgan fingerprint density at radius 1 is 0.769 bits per heavy atom. The molecule has 0 amide bonds. The molecule has 0 fully saturated rings. The predicted octanol–water partition coefficient (Wildman–Crippen LogP) is 6.94. The standard InChI is InChI=1S/C25H30O/c1-24(2,3)19-15-16-20(17-19)25(4,5)22-14-10-13-21(23(22)26-6)18-11-8-7-9-12-18/h7-16H,17H2,1-6H3. The van der Waals surface area contributed by atoms with E-state index in [1.807, 2.05) is 6.07 Å². The Bertz CT molecular complexity index is 845. The van der Waals surface area contributed by atoms with Gasteiger partial charge in [0.15, 0.2) is 0 Å². The van der Waals surface area contributed by atoms with Crippen LogP contribution in [0.25, 0.3) is 11.1 Å². The Morgan fingerprint density at radius 3 is 2.00 bits per heavy atom. The fourth-order valence-electron chi connectivity index (χ4n) is 3.74. The van der Waals surface area contributed by atoms with Crippen molar-refractivity contribution >= 4 is 0 Å². The Hall–Kier alpha value is -2.28. The van der Waals surface area contributed by atoms with Gasteiger partial charge in [0, 0.05) is 16.5 Å². The number of allylic oxidation sites excluding steroid dienone is 4. The van der Waals surface area contributed by atoms with Crippen molar-refractivity contribution in [2.75, 3.05) is 7.11 Å². The molecule has 3 rings (SSSR count). The van der Waals surface area contributed by atoms with E-state index >= 15 is 0 Å². The molecule has 0 unspecified atom stereocenters. The third kappa shape index (κ3) is 3.35. The molecule has 0 spiro atoms. The van der Waals surface area contributed by atoms with Gasteiger partial charge in [-0.25, -0.2) is 0 Å². The van der Waals surface area contributed by atoms with Gasteiger partial charge in [-0.2, -0.15) is 0 Å². The number of para-hydroxylation sites is 1. The zero-order valence-electron chi connectivity index (χ0n) is 16.9. The van der Waals surface area contributed by atoms with Crippen LogP contribution in [0.4, 0.5) is 0 Å². The third-order valence-electron chi connectivity index (χ3n) is 5.61. The zero-order valence-corrected chi connectivity index (χ0v) is 16.9. The number of rotatable bonds is 4. The third-order valence-corrected chi connectivity index (χ3v) is 5.61. The van der Waals surface area contributed by atoms with Gasteiger partial charge in [-0.3, -0.25) is 0 Å². The van der Waals surface area contributed by atoms with E-state index in [0.29, 0.717) is 0 Å². The molecule has 0 heterocycles. The first-order chi connectivity index (χ1) is 12.2. The van der Waals surface area contributed by atoms with E-state index < -0.39 is 0 Å². The number of hydrogen-bond donors (Lipinski definition) is 0. The Balaban J connectivity index is 2.02. The maximum atomic E-state index is 5.93. The summed E-state index contributed by atoms with van der Waals surface area (Å²) in [6, 6.07) is 17.0. The van der Waals surface area contributed by atoms with E-state index in [1.165, 1.54) is 22.3 Å². The molecule has 136 valence electrons. The lowest BCUT2D eigenvalue weighted by Crippen LogP contribution is -2.22. The number of ether oxygens (including phenoxy) is 1. The molecule has 0 aliphatic heterocycles. The second-order valence-corrected chi connectivity index (χ2v) is 8.69. The van der Waals surface area contributed by atoms with Crippen LogP contribution in [0.1, 0.15) is 46.6 Å². The molecule has 1 aliphatic rings. The molecule has 0 atom stereocenters. The van der Waals surface area contributed by atoms with Crippen molar-refractivity contribution in [3.63, 3.8) is 0 Å². The highest BCUT2D eigenvalue weighted by Crippen LogP contribution is 2.47. The van der Waals surface area contributed by atoms with Crippen LogP contribution in [0.15, 0.2) is 71.8 Å². The zero-order chi connectivity index (χ0) is 18.9. The molecule has 0 aromatic heterocycles. The fraction of sp³-hybridized carbons (Fsp3) is 0.360. The number of benzene rings is 2. The topological polar surface area (TPSA) is 9.23 Å². The second-order valence-electron chi connectivity index (χ2n) is 8.69. The van der Waals surface area contributed by atoms with Crippen LogP contribution in [0, 0.1) is 5.41 Å². The van der Waals surface area contributed by atoms with Crippen molar-refractivity contribution < 1.29 is 4.74 Å². The van der Waals surface area contributed by atoms with Crippen LogP contribution >= 0.6 is 0 Å². The summed E-state index contributed by atoms with van der Waals surface area (Å²) in [5, 5.41) is 0. The van der Waals surface area contributed by atoms with Crippen molar-refractivity contribution in [1.82, 2.24) is 0 Å². The highest BCUT2D eigenvalue weighted by Gasteiger charge is 2.33. The van der Waals surface area contributed by atoms with Crippen molar-refractivity contribution in [1.29, 1.82) is 0 Å². The normalized spacial score (nSPS) is 14.8. The molecule has 2 aromatic carbocycles. The minimum absolute atomic E-state index is 0.0837. The lowest BCUT2D eigenvalue weighted by Gasteiger charge is -2.32. The molecule has 0 bridgehead atoms. The van der Waals surface area contributed by atoms with Crippen molar-refractivity contribution in [3.8, 4) is 16.9 Å². The molecule has 1 heteroatoms. The summed E-state index contributed by atoms with van der Waals surface area (Å²) in [6.07, 6.45) is 5.66. The van der Waals surface area contributed by atoms with Crippen molar-refractivity contribution in [2.24, 2.45) is 5.41 Å².